The average molecular weight is 559 g/mol. The van der Waals surface area contributed by atoms with Crippen LogP contribution in [-0.4, -0.2) is 70.7 Å². The SMILES string of the molecule is CC(C)(C)OC(=O)C[C@@H](/C=N/NC(N)=O)NC(=O)[C@@H]1Cc2cccc3c2N1C(=O)[C@@H](NC(=O)CCC(=O)O)CC3. The van der Waals surface area contributed by atoms with Crippen LogP contribution in [0.3, 0.4) is 0 Å². The first kappa shape index (κ1) is 30.1. The fraction of sp³-hybridized carbons (Fsp3) is 0.500. The summed E-state index contributed by atoms with van der Waals surface area (Å²) in [7, 11) is 0. The molecule has 0 radical (unpaired) electrons. The first-order valence-electron chi connectivity index (χ1n) is 12.8. The highest BCUT2D eigenvalue weighted by atomic mass is 16.6. The van der Waals surface area contributed by atoms with Gasteiger partial charge in [0.15, 0.2) is 0 Å². The summed E-state index contributed by atoms with van der Waals surface area (Å²) in [5.74, 6) is -3.43. The third-order valence-corrected chi connectivity index (χ3v) is 6.17. The van der Waals surface area contributed by atoms with E-state index in [0.717, 1.165) is 17.3 Å². The van der Waals surface area contributed by atoms with E-state index >= 15 is 0 Å². The van der Waals surface area contributed by atoms with Crippen LogP contribution in [0.25, 0.3) is 0 Å². The van der Waals surface area contributed by atoms with Crippen molar-refractivity contribution in [1.82, 2.24) is 16.1 Å². The van der Waals surface area contributed by atoms with Gasteiger partial charge in [0.2, 0.25) is 17.7 Å². The molecule has 0 saturated carbocycles. The number of esters is 1. The molecular weight excluding hydrogens is 524 g/mol. The number of benzene rings is 1. The lowest BCUT2D eigenvalue weighted by Crippen LogP contribution is -2.56. The van der Waals surface area contributed by atoms with Crippen molar-refractivity contribution in [3.05, 3.63) is 29.3 Å². The monoisotopic (exact) mass is 558 g/mol. The van der Waals surface area contributed by atoms with Gasteiger partial charge >= 0.3 is 18.0 Å². The number of nitrogens with two attached hydrogens (primary N) is 1. The lowest BCUT2D eigenvalue weighted by atomic mass is 10.0. The van der Waals surface area contributed by atoms with E-state index in [9.17, 15) is 28.8 Å². The molecule has 216 valence electrons. The summed E-state index contributed by atoms with van der Waals surface area (Å²) in [4.78, 5) is 75.3. The van der Waals surface area contributed by atoms with Crippen molar-refractivity contribution in [2.45, 2.75) is 83.0 Å². The normalized spacial score (nSPS) is 18.9. The summed E-state index contributed by atoms with van der Waals surface area (Å²) in [6.07, 6.45) is 1.07. The molecule has 0 bridgehead atoms. The van der Waals surface area contributed by atoms with Crippen molar-refractivity contribution < 1.29 is 38.6 Å². The highest BCUT2D eigenvalue weighted by Crippen LogP contribution is 2.39. The number of aliphatic carboxylic acids is 1. The molecule has 3 rings (SSSR count). The molecule has 0 unspecified atom stereocenters. The van der Waals surface area contributed by atoms with E-state index in [4.69, 9.17) is 15.6 Å². The van der Waals surface area contributed by atoms with Crippen molar-refractivity contribution in [1.29, 1.82) is 0 Å². The number of primary amides is 1. The maximum Gasteiger partial charge on any atom is 0.332 e. The molecule has 0 fully saturated rings. The summed E-state index contributed by atoms with van der Waals surface area (Å²) in [5.41, 5.74) is 8.48. The Morgan fingerprint density at radius 3 is 2.55 bits per heavy atom. The number of carboxylic acid groups (broad SMARTS) is 1. The molecule has 5 amide bonds. The van der Waals surface area contributed by atoms with Crippen LogP contribution in [0, 0.1) is 0 Å². The van der Waals surface area contributed by atoms with Crippen LogP contribution in [0.1, 0.15) is 57.6 Å². The largest absolute Gasteiger partial charge is 0.481 e. The number of aryl methyl sites for hydroxylation is 1. The Morgan fingerprint density at radius 2 is 1.90 bits per heavy atom. The number of para-hydroxylation sites is 1. The number of hydrogen-bond acceptors (Lipinski definition) is 8. The van der Waals surface area contributed by atoms with Gasteiger partial charge in [-0.25, -0.2) is 10.2 Å². The van der Waals surface area contributed by atoms with E-state index in [1.807, 2.05) is 23.6 Å². The summed E-state index contributed by atoms with van der Waals surface area (Å²) in [5, 5.41) is 17.8. The van der Waals surface area contributed by atoms with Gasteiger partial charge in [-0.05, 0) is 44.7 Å². The zero-order chi connectivity index (χ0) is 29.6. The summed E-state index contributed by atoms with van der Waals surface area (Å²) >= 11 is 0. The smallest absolute Gasteiger partial charge is 0.332 e. The average Bonchev–Trinajstić information content (AvgIpc) is 3.17. The van der Waals surface area contributed by atoms with E-state index in [1.54, 1.807) is 20.8 Å². The van der Waals surface area contributed by atoms with Crippen molar-refractivity contribution in [2.24, 2.45) is 10.8 Å². The maximum absolute atomic E-state index is 13.7. The molecule has 1 aromatic carbocycles. The van der Waals surface area contributed by atoms with Gasteiger partial charge in [-0.1, -0.05) is 18.2 Å². The maximum atomic E-state index is 13.7. The van der Waals surface area contributed by atoms with Crippen LogP contribution in [-0.2, 0) is 41.6 Å². The number of nitrogens with zero attached hydrogens (tertiary/aromatic N) is 2. The third kappa shape index (κ3) is 8.01. The van der Waals surface area contributed by atoms with E-state index in [2.05, 4.69) is 15.7 Å². The van der Waals surface area contributed by atoms with Gasteiger partial charge < -0.3 is 26.2 Å². The molecule has 1 aromatic rings. The van der Waals surface area contributed by atoms with Crippen LogP contribution >= 0.6 is 0 Å². The van der Waals surface area contributed by atoms with E-state index in [1.165, 1.54) is 4.90 Å². The minimum atomic E-state index is -1.13. The molecule has 14 heteroatoms. The van der Waals surface area contributed by atoms with Gasteiger partial charge in [-0.15, -0.1) is 0 Å². The Kier molecular flexibility index (Phi) is 9.45. The molecule has 6 N–H and O–H groups in total. The molecule has 2 aliphatic rings. The molecule has 3 atom stereocenters. The van der Waals surface area contributed by atoms with Crippen molar-refractivity contribution >= 4 is 47.6 Å². The van der Waals surface area contributed by atoms with Gasteiger partial charge in [0.05, 0.1) is 24.6 Å². The minimum absolute atomic E-state index is 0.191. The number of carbonyl (C=O) groups excluding carboxylic acids is 5. The molecule has 14 nitrogen and oxygen atoms in total. The van der Waals surface area contributed by atoms with Crippen molar-refractivity contribution in [3.63, 3.8) is 0 Å². The highest BCUT2D eigenvalue weighted by Gasteiger charge is 2.44. The molecule has 40 heavy (non-hydrogen) atoms. The number of carbonyl (C=O) groups is 6. The van der Waals surface area contributed by atoms with E-state index < -0.39 is 59.4 Å². The number of urea groups is 1. The zero-order valence-corrected chi connectivity index (χ0v) is 22.6. The Hall–Kier alpha value is -4.49. The van der Waals surface area contributed by atoms with E-state index in [-0.39, 0.29) is 32.1 Å². The predicted octanol–water partition coefficient (Wildman–Crippen LogP) is 0.111. The molecule has 2 heterocycles. The quantitative estimate of drug-likeness (QED) is 0.151. The van der Waals surface area contributed by atoms with Gasteiger partial charge in [-0.2, -0.15) is 5.10 Å². The molecule has 0 aliphatic carbocycles. The van der Waals surface area contributed by atoms with Gasteiger partial charge in [0.1, 0.15) is 17.7 Å². The number of carboxylic acids is 1. The summed E-state index contributed by atoms with van der Waals surface area (Å²) < 4.78 is 5.33. The Morgan fingerprint density at radius 1 is 1.20 bits per heavy atom. The van der Waals surface area contributed by atoms with Crippen LogP contribution in [0.2, 0.25) is 0 Å². The van der Waals surface area contributed by atoms with Crippen molar-refractivity contribution in [3.8, 4) is 0 Å². The Balaban J connectivity index is 1.83. The zero-order valence-electron chi connectivity index (χ0n) is 22.6. The van der Waals surface area contributed by atoms with Gasteiger partial charge in [0.25, 0.3) is 0 Å². The standard InChI is InChI=1S/C26H34N6O8/c1-26(2,3)40-21(36)12-16(13-28-31-25(27)39)29-23(37)18-11-15-6-4-5-14-7-8-17(24(38)32(18)22(14)15)30-19(33)9-10-20(34)35/h4-6,13,16-18H,7-12H2,1-3H3,(H,29,37)(H,30,33)(H,34,35)(H3,27,31,39)/b28-13+/t16-,17-,18-/m0/s1. The Bertz CT molecular complexity index is 1220. The highest BCUT2D eigenvalue weighted by molar-refractivity contribution is 6.08. The van der Waals surface area contributed by atoms with E-state index in [0.29, 0.717) is 12.1 Å². The molecular formula is C26H34N6O8. The molecule has 0 saturated heterocycles. The predicted molar refractivity (Wildman–Crippen MR) is 142 cm³/mol. The number of nitrogens with one attached hydrogen (secondary N) is 3. The number of ether oxygens (including phenoxy) is 1. The van der Waals surface area contributed by atoms with Gasteiger partial charge in [-0.3, -0.25) is 28.9 Å². The van der Waals surface area contributed by atoms with Crippen LogP contribution in [0.4, 0.5) is 10.5 Å². The van der Waals surface area contributed by atoms with Crippen LogP contribution in [0.5, 0.6) is 0 Å². The lowest BCUT2D eigenvalue weighted by Gasteiger charge is -2.29. The minimum Gasteiger partial charge on any atom is -0.481 e. The van der Waals surface area contributed by atoms with Crippen LogP contribution < -0.4 is 26.7 Å². The van der Waals surface area contributed by atoms with Crippen LogP contribution in [0.15, 0.2) is 23.3 Å². The second kappa shape index (κ2) is 12.6. The second-order valence-electron chi connectivity index (χ2n) is 10.6. The number of hydrazone groups is 1. The topological polar surface area (TPSA) is 210 Å². The first-order chi connectivity index (χ1) is 18.7. The number of hydrogen-bond donors (Lipinski definition) is 5. The number of anilines is 1. The third-order valence-electron chi connectivity index (χ3n) is 6.17. The summed E-state index contributed by atoms with van der Waals surface area (Å²) in [6, 6.07) is 1.58. The van der Waals surface area contributed by atoms with Gasteiger partial charge in [0, 0.05) is 19.1 Å². The molecule has 0 spiro atoms. The Labute approximate surface area is 230 Å². The number of amides is 5. The fourth-order valence-electron chi connectivity index (χ4n) is 4.64. The second-order valence-corrected chi connectivity index (χ2v) is 10.6. The summed E-state index contributed by atoms with van der Waals surface area (Å²) in [6.45, 7) is 5.07. The van der Waals surface area contributed by atoms with Crippen molar-refractivity contribution in [2.75, 3.05) is 4.90 Å². The molecule has 0 aromatic heterocycles. The number of rotatable bonds is 10. The first-order valence-corrected chi connectivity index (χ1v) is 12.8. The molecule has 2 aliphatic heterocycles. The fourth-order valence-corrected chi connectivity index (χ4v) is 4.64. The lowest BCUT2D eigenvalue weighted by molar-refractivity contribution is -0.155.